The molecule has 2 N–H and O–H groups in total. The first-order valence-corrected chi connectivity index (χ1v) is 7.08. The highest BCUT2D eigenvalue weighted by molar-refractivity contribution is 4.69. The van der Waals surface area contributed by atoms with Crippen molar-refractivity contribution in [2.24, 2.45) is 11.7 Å². The Kier molecular flexibility index (Phi) is 7.08. The highest BCUT2D eigenvalue weighted by Crippen LogP contribution is 2.27. The van der Waals surface area contributed by atoms with Gasteiger partial charge in [-0.25, -0.2) is 0 Å². The zero-order valence-corrected chi connectivity index (χ0v) is 10.5. The lowest BCUT2D eigenvalue weighted by Gasteiger charge is -2.22. The van der Waals surface area contributed by atoms with Crippen molar-refractivity contribution < 1.29 is 0 Å². The van der Waals surface area contributed by atoms with Crippen molar-refractivity contribution in [1.29, 1.82) is 0 Å². The quantitative estimate of drug-likeness (QED) is 0.626. The van der Waals surface area contributed by atoms with E-state index in [2.05, 4.69) is 6.92 Å². The Bertz CT molecular complexity index is 138. The van der Waals surface area contributed by atoms with Gasteiger partial charge in [0.05, 0.1) is 0 Å². The molecule has 1 saturated carbocycles. The van der Waals surface area contributed by atoms with Gasteiger partial charge in [-0.3, -0.25) is 0 Å². The predicted molar refractivity (Wildman–Crippen MR) is 67.9 cm³/mol. The summed E-state index contributed by atoms with van der Waals surface area (Å²) in [6.45, 7) is 2.26. The summed E-state index contributed by atoms with van der Waals surface area (Å²) in [6, 6.07) is 0.485. The smallest absolute Gasteiger partial charge is 0.00389 e. The van der Waals surface area contributed by atoms with Gasteiger partial charge in [0, 0.05) is 6.04 Å². The molecule has 0 spiro atoms. The zero-order valence-electron chi connectivity index (χ0n) is 10.5. The monoisotopic (exact) mass is 211 g/mol. The highest BCUT2D eigenvalue weighted by Gasteiger charge is 2.14. The van der Waals surface area contributed by atoms with Gasteiger partial charge in [-0.15, -0.1) is 0 Å². The summed E-state index contributed by atoms with van der Waals surface area (Å²) in [4.78, 5) is 0. The predicted octanol–water partition coefficient (Wildman–Crippen LogP) is 4.25. The minimum absolute atomic E-state index is 0.485. The summed E-state index contributed by atoms with van der Waals surface area (Å²) in [5.41, 5.74) is 6.13. The third kappa shape index (κ3) is 6.19. The van der Waals surface area contributed by atoms with E-state index < -0.39 is 0 Å². The van der Waals surface area contributed by atoms with Gasteiger partial charge >= 0.3 is 0 Å². The topological polar surface area (TPSA) is 26.0 Å². The van der Waals surface area contributed by atoms with Crippen LogP contribution in [0.2, 0.25) is 0 Å². The molecule has 1 unspecified atom stereocenters. The van der Waals surface area contributed by atoms with Gasteiger partial charge < -0.3 is 5.73 Å². The molecule has 1 atom stereocenters. The van der Waals surface area contributed by atoms with E-state index in [0.29, 0.717) is 6.04 Å². The van der Waals surface area contributed by atoms with Crippen LogP contribution < -0.4 is 5.73 Å². The van der Waals surface area contributed by atoms with E-state index in [1.54, 1.807) is 0 Å². The van der Waals surface area contributed by atoms with Crippen molar-refractivity contribution >= 4 is 0 Å². The first kappa shape index (κ1) is 13.0. The van der Waals surface area contributed by atoms with Crippen molar-refractivity contribution in [2.45, 2.75) is 83.6 Å². The van der Waals surface area contributed by atoms with Crippen molar-refractivity contribution in [2.75, 3.05) is 0 Å². The SMILES string of the molecule is CCCCCC(N)CCC1CCCCC1. The molecule has 0 aromatic rings. The molecule has 1 aliphatic rings. The Labute approximate surface area is 95.8 Å². The van der Waals surface area contributed by atoms with Crippen LogP contribution in [0.25, 0.3) is 0 Å². The molecule has 0 saturated heterocycles. The fourth-order valence-electron chi connectivity index (χ4n) is 2.73. The Hall–Kier alpha value is -0.0400. The lowest BCUT2D eigenvalue weighted by molar-refractivity contribution is 0.319. The molecule has 0 aromatic heterocycles. The van der Waals surface area contributed by atoms with Crippen LogP contribution in [0, 0.1) is 5.92 Å². The van der Waals surface area contributed by atoms with Crippen LogP contribution >= 0.6 is 0 Å². The van der Waals surface area contributed by atoms with Crippen LogP contribution in [0.1, 0.15) is 77.6 Å². The molecule has 0 heterocycles. The Morgan fingerprint density at radius 2 is 1.80 bits per heavy atom. The van der Waals surface area contributed by atoms with E-state index in [1.807, 2.05) is 0 Å². The molecule has 90 valence electrons. The van der Waals surface area contributed by atoms with Crippen molar-refractivity contribution in [3.8, 4) is 0 Å². The maximum Gasteiger partial charge on any atom is 0.00389 e. The zero-order chi connectivity index (χ0) is 10.9. The van der Waals surface area contributed by atoms with Crippen LogP contribution in [0.15, 0.2) is 0 Å². The fraction of sp³-hybridized carbons (Fsp3) is 1.00. The Morgan fingerprint density at radius 1 is 1.07 bits per heavy atom. The van der Waals surface area contributed by atoms with E-state index >= 15 is 0 Å². The van der Waals surface area contributed by atoms with Crippen molar-refractivity contribution in [1.82, 2.24) is 0 Å². The average molecular weight is 211 g/mol. The van der Waals surface area contributed by atoms with Crippen LogP contribution in [0.3, 0.4) is 0 Å². The maximum absolute atomic E-state index is 6.13. The summed E-state index contributed by atoms with van der Waals surface area (Å²) in [6.07, 6.45) is 15.3. The van der Waals surface area contributed by atoms with E-state index in [9.17, 15) is 0 Å². The molecular weight excluding hydrogens is 182 g/mol. The second-order valence-electron chi connectivity index (χ2n) is 5.34. The van der Waals surface area contributed by atoms with Crippen LogP contribution in [0.5, 0.6) is 0 Å². The van der Waals surface area contributed by atoms with Crippen LogP contribution in [0.4, 0.5) is 0 Å². The van der Waals surface area contributed by atoms with E-state index in [4.69, 9.17) is 5.73 Å². The van der Waals surface area contributed by atoms with E-state index in [1.165, 1.54) is 70.6 Å². The molecule has 0 radical (unpaired) electrons. The molecule has 1 heteroatoms. The minimum atomic E-state index is 0.485. The summed E-state index contributed by atoms with van der Waals surface area (Å²) in [5.74, 6) is 1.01. The second-order valence-corrected chi connectivity index (χ2v) is 5.34. The summed E-state index contributed by atoms with van der Waals surface area (Å²) >= 11 is 0. The summed E-state index contributed by atoms with van der Waals surface area (Å²) in [7, 11) is 0. The lowest BCUT2D eigenvalue weighted by Crippen LogP contribution is -2.21. The second kappa shape index (κ2) is 8.15. The van der Waals surface area contributed by atoms with E-state index in [-0.39, 0.29) is 0 Å². The molecule has 1 aliphatic carbocycles. The Balaban J connectivity index is 1.97. The van der Waals surface area contributed by atoms with Gasteiger partial charge in [0.15, 0.2) is 0 Å². The molecule has 0 aromatic carbocycles. The van der Waals surface area contributed by atoms with Gasteiger partial charge in [0.1, 0.15) is 0 Å². The molecule has 0 aliphatic heterocycles. The lowest BCUT2D eigenvalue weighted by atomic mass is 9.85. The fourth-order valence-corrected chi connectivity index (χ4v) is 2.73. The maximum atomic E-state index is 6.13. The third-order valence-electron chi connectivity index (χ3n) is 3.85. The first-order valence-electron chi connectivity index (χ1n) is 7.08. The largest absolute Gasteiger partial charge is 0.328 e. The first-order chi connectivity index (χ1) is 7.33. The molecular formula is C14H29N. The van der Waals surface area contributed by atoms with Gasteiger partial charge in [-0.1, -0.05) is 58.3 Å². The highest BCUT2D eigenvalue weighted by atomic mass is 14.6. The summed E-state index contributed by atoms with van der Waals surface area (Å²) < 4.78 is 0. The van der Waals surface area contributed by atoms with Crippen molar-refractivity contribution in [3.63, 3.8) is 0 Å². The van der Waals surface area contributed by atoms with Gasteiger partial charge in [-0.2, -0.15) is 0 Å². The summed E-state index contributed by atoms with van der Waals surface area (Å²) in [5, 5.41) is 0. The van der Waals surface area contributed by atoms with Crippen LogP contribution in [-0.2, 0) is 0 Å². The number of hydrogen-bond acceptors (Lipinski definition) is 1. The van der Waals surface area contributed by atoms with Gasteiger partial charge in [0.2, 0.25) is 0 Å². The number of unbranched alkanes of at least 4 members (excludes halogenated alkanes) is 2. The Morgan fingerprint density at radius 3 is 2.47 bits per heavy atom. The standard InChI is InChI=1S/C14H29N/c1-2-3-5-10-14(15)12-11-13-8-6-4-7-9-13/h13-14H,2-12,15H2,1H3. The minimum Gasteiger partial charge on any atom is -0.328 e. The number of rotatable bonds is 7. The number of nitrogens with two attached hydrogens (primary N) is 1. The van der Waals surface area contributed by atoms with Gasteiger partial charge in [0.25, 0.3) is 0 Å². The molecule has 1 fully saturated rings. The number of hydrogen-bond donors (Lipinski definition) is 1. The average Bonchev–Trinajstić information content (AvgIpc) is 2.28. The normalized spacial score (nSPS) is 20.4. The molecule has 15 heavy (non-hydrogen) atoms. The molecule has 1 nitrogen and oxygen atoms in total. The van der Waals surface area contributed by atoms with Gasteiger partial charge in [-0.05, 0) is 25.2 Å². The van der Waals surface area contributed by atoms with E-state index in [0.717, 1.165) is 5.92 Å². The molecule has 0 bridgehead atoms. The van der Waals surface area contributed by atoms with Crippen molar-refractivity contribution in [3.05, 3.63) is 0 Å². The third-order valence-corrected chi connectivity index (χ3v) is 3.85. The van der Waals surface area contributed by atoms with Crippen LogP contribution in [-0.4, -0.2) is 6.04 Å². The molecule has 1 rings (SSSR count). The molecule has 0 amide bonds.